The maximum atomic E-state index is 6.00. The molecule has 2 nitrogen and oxygen atoms in total. The van der Waals surface area contributed by atoms with Gasteiger partial charge in [0.1, 0.15) is 5.75 Å². The van der Waals surface area contributed by atoms with Crippen molar-refractivity contribution in [3.63, 3.8) is 0 Å². The Morgan fingerprint density at radius 3 is 2.00 bits per heavy atom. The predicted molar refractivity (Wildman–Crippen MR) is 101 cm³/mol. The summed E-state index contributed by atoms with van der Waals surface area (Å²) < 4.78 is 6.00. The van der Waals surface area contributed by atoms with Gasteiger partial charge in [-0.2, -0.15) is 0 Å². The van der Waals surface area contributed by atoms with Gasteiger partial charge < -0.3 is 9.64 Å². The Labute approximate surface area is 146 Å². The van der Waals surface area contributed by atoms with Crippen molar-refractivity contribution >= 4 is 12.4 Å². The quantitative estimate of drug-likeness (QED) is 0.660. The molecule has 0 amide bonds. The van der Waals surface area contributed by atoms with Crippen LogP contribution >= 0.6 is 12.4 Å². The van der Waals surface area contributed by atoms with Crippen LogP contribution in [0.15, 0.2) is 60.7 Å². The van der Waals surface area contributed by atoms with Gasteiger partial charge in [0.15, 0.2) is 0 Å². The Hall–Kier alpha value is -1.51. The van der Waals surface area contributed by atoms with Crippen LogP contribution < -0.4 is 4.74 Å². The molecular weight excluding hydrogens is 306 g/mol. The molecule has 0 fully saturated rings. The van der Waals surface area contributed by atoms with E-state index in [0.717, 1.165) is 38.4 Å². The molecule has 0 aromatic heterocycles. The molecule has 2 aromatic rings. The van der Waals surface area contributed by atoms with Gasteiger partial charge in [0.2, 0.25) is 0 Å². The molecule has 2 rings (SSSR count). The summed E-state index contributed by atoms with van der Waals surface area (Å²) in [5, 5.41) is 0. The highest BCUT2D eigenvalue weighted by Gasteiger charge is 2.14. The van der Waals surface area contributed by atoms with Gasteiger partial charge in [-0.05, 0) is 37.2 Å². The van der Waals surface area contributed by atoms with Crippen LogP contribution in [0.25, 0.3) is 0 Å². The molecule has 1 atom stereocenters. The Morgan fingerprint density at radius 1 is 0.870 bits per heavy atom. The van der Waals surface area contributed by atoms with E-state index in [4.69, 9.17) is 4.74 Å². The summed E-state index contributed by atoms with van der Waals surface area (Å²) in [6, 6.07) is 20.8. The van der Waals surface area contributed by atoms with Gasteiger partial charge in [0, 0.05) is 12.5 Å². The van der Waals surface area contributed by atoms with E-state index in [2.05, 4.69) is 49.1 Å². The maximum absolute atomic E-state index is 6.00. The van der Waals surface area contributed by atoms with Gasteiger partial charge in [0.05, 0.1) is 6.61 Å². The minimum absolute atomic E-state index is 0. The zero-order valence-electron chi connectivity index (χ0n) is 14.2. The second kappa shape index (κ2) is 11.1. The molecule has 2 aromatic carbocycles. The van der Waals surface area contributed by atoms with E-state index in [1.54, 1.807) is 0 Å². The molecule has 0 aliphatic heterocycles. The third-order valence-electron chi connectivity index (χ3n) is 4.01. The summed E-state index contributed by atoms with van der Waals surface area (Å²) in [4.78, 5) is 2.47. The third-order valence-corrected chi connectivity index (χ3v) is 4.01. The largest absolute Gasteiger partial charge is 0.493 e. The van der Waals surface area contributed by atoms with Crippen LogP contribution in [-0.4, -0.2) is 31.1 Å². The molecule has 0 saturated heterocycles. The van der Waals surface area contributed by atoms with Gasteiger partial charge in [0.25, 0.3) is 0 Å². The second-order valence-electron chi connectivity index (χ2n) is 5.67. The molecule has 0 aliphatic rings. The first-order valence-corrected chi connectivity index (χ1v) is 8.26. The first kappa shape index (κ1) is 19.5. The van der Waals surface area contributed by atoms with E-state index >= 15 is 0 Å². The molecule has 0 radical (unpaired) electrons. The Bertz CT molecular complexity index is 514. The summed E-state index contributed by atoms with van der Waals surface area (Å²) in [6.07, 6.45) is 1.06. The van der Waals surface area contributed by atoms with E-state index in [1.807, 2.05) is 30.3 Å². The topological polar surface area (TPSA) is 12.5 Å². The van der Waals surface area contributed by atoms with Crippen molar-refractivity contribution in [3.05, 3.63) is 66.2 Å². The molecule has 0 saturated carbocycles. The number of ether oxygens (including phenoxy) is 1. The van der Waals surface area contributed by atoms with E-state index in [-0.39, 0.29) is 12.4 Å². The summed E-state index contributed by atoms with van der Waals surface area (Å²) in [5.74, 6) is 1.46. The van der Waals surface area contributed by atoms with Crippen LogP contribution in [0, 0.1) is 5.92 Å². The lowest BCUT2D eigenvalue weighted by Crippen LogP contribution is -2.33. The maximum Gasteiger partial charge on any atom is 0.119 e. The van der Waals surface area contributed by atoms with Gasteiger partial charge >= 0.3 is 0 Å². The highest BCUT2D eigenvalue weighted by atomic mass is 35.5. The lowest BCUT2D eigenvalue weighted by atomic mass is 9.99. The molecule has 0 aliphatic carbocycles. The van der Waals surface area contributed by atoms with Crippen LogP contribution in [0.5, 0.6) is 5.75 Å². The first-order chi connectivity index (χ1) is 10.8. The summed E-state index contributed by atoms with van der Waals surface area (Å²) >= 11 is 0. The van der Waals surface area contributed by atoms with E-state index < -0.39 is 0 Å². The molecule has 0 heterocycles. The zero-order chi connectivity index (χ0) is 15.6. The van der Waals surface area contributed by atoms with Crippen LogP contribution in [0.3, 0.4) is 0 Å². The minimum atomic E-state index is 0. The van der Waals surface area contributed by atoms with Gasteiger partial charge in [-0.3, -0.25) is 0 Å². The van der Waals surface area contributed by atoms with Crippen molar-refractivity contribution in [2.75, 3.05) is 26.2 Å². The fourth-order valence-corrected chi connectivity index (χ4v) is 2.70. The van der Waals surface area contributed by atoms with Crippen molar-refractivity contribution in [2.24, 2.45) is 5.92 Å². The Kier molecular flexibility index (Phi) is 9.42. The molecule has 23 heavy (non-hydrogen) atoms. The molecular formula is C20H28ClNO. The number of para-hydroxylation sites is 1. The van der Waals surface area contributed by atoms with Gasteiger partial charge in [-0.15, -0.1) is 12.4 Å². The average Bonchev–Trinajstić information content (AvgIpc) is 2.59. The van der Waals surface area contributed by atoms with Crippen LogP contribution in [0.1, 0.15) is 19.4 Å². The number of rotatable bonds is 9. The summed E-state index contributed by atoms with van der Waals surface area (Å²) in [5.41, 5.74) is 1.39. The molecule has 0 bridgehead atoms. The normalized spacial score (nSPS) is 11.8. The fraction of sp³-hybridized carbons (Fsp3) is 0.400. The van der Waals surface area contributed by atoms with Crippen LogP contribution in [0.4, 0.5) is 0 Å². The number of benzene rings is 2. The van der Waals surface area contributed by atoms with Gasteiger partial charge in [-0.25, -0.2) is 0 Å². The van der Waals surface area contributed by atoms with E-state index in [9.17, 15) is 0 Å². The molecule has 0 spiro atoms. The monoisotopic (exact) mass is 333 g/mol. The second-order valence-corrected chi connectivity index (χ2v) is 5.67. The number of hydrogen-bond donors (Lipinski definition) is 0. The minimum Gasteiger partial charge on any atom is -0.493 e. The lowest BCUT2D eigenvalue weighted by molar-refractivity contribution is 0.184. The number of halogens is 1. The molecule has 0 N–H and O–H groups in total. The fourth-order valence-electron chi connectivity index (χ4n) is 2.70. The lowest BCUT2D eigenvalue weighted by Gasteiger charge is -2.25. The standard InChI is InChI=1S/C20H27NO.ClH/c1-3-21(4-2)16-19(15-18-11-7-5-8-12-18)17-22-20-13-9-6-10-14-20;/h5-14,19H,3-4,15-17H2,1-2H3;1H. The van der Waals surface area contributed by atoms with Crippen molar-refractivity contribution in [2.45, 2.75) is 20.3 Å². The highest BCUT2D eigenvalue weighted by molar-refractivity contribution is 5.85. The van der Waals surface area contributed by atoms with Crippen molar-refractivity contribution < 1.29 is 4.74 Å². The Balaban J connectivity index is 0.00000264. The molecule has 126 valence electrons. The smallest absolute Gasteiger partial charge is 0.119 e. The van der Waals surface area contributed by atoms with Crippen LogP contribution in [-0.2, 0) is 6.42 Å². The molecule has 3 heteroatoms. The van der Waals surface area contributed by atoms with Crippen molar-refractivity contribution in [1.29, 1.82) is 0 Å². The zero-order valence-corrected chi connectivity index (χ0v) is 15.0. The summed E-state index contributed by atoms with van der Waals surface area (Å²) in [6.45, 7) is 8.46. The Morgan fingerprint density at radius 2 is 1.43 bits per heavy atom. The van der Waals surface area contributed by atoms with Crippen molar-refractivity contribution in [1.82, 2.24) is 4.90 Å². The van der Waals surface area contributed by atoms with Crippen molar-refractivity contribution in [3.8, 4) is 5.75 Å². The van der Waals surface area contributed by atoms with E-state index in [0.29, 0.717) is 5.92 Å². The van der Waals surface area contributed by atoms with Gasteiger partial charge in [-0.1, -0.05) is 62.4 Å². The first-order valence-electron chi connectivity index (χ1n) is 8.26. The third kappa shape index (κ3) is 7.06. The number of hydrogen-bond acceptors (Lipinski definition) is 2. The highest BCUT2D eigenvalue weighted by Crippen LogP contribution is 2.15. The number of nitrogens with zero attached hydrogens (tertiary/aromatic N) is 1. The average molecular weight is 334 g/mol. The predicted octanol–water partition coefficient (Wildman–Crippen LogP) is 4.69. The SMILES string of the molecule is CCN(CC)CC(COc1ccccc1)Cc1ccccc1.Cl. The van der Waals surface area contributed by atoms with Crippen LogP contribution in [0.2, 0.25) is 0 Å². The van der Waals surface area contributed by atoms with E-state index in [1.165, 1.54) is 5.56 Å². The molecule has 1 unspecified atom stereocenters. The summed E-state index contributed by atoms with van der Waals surface area (Å²) in [7, 11) is 0.